The third kappa shape index (κ3) is 2.00. The molecule has 1 aliphatic rings. The zero-order chi connectivity index (χ0) is 12.5. The number of hydrogen-bond acceptors (Lipinski definition) is 3. The maximum absolute atomic E-state index is 6.22. The van der Waals surface area contributed by atoms with E-state index in [0.717, 1.165) is 28.8 Å². The highest BCUT2D eigenvalue weighted by atomic mass is 35.5. The van der Waals surface area contributed by atoms with Crippen molar-refractivity contribution in [3.63, 3.8) is 0 Å². The predicted molar refractivity (Wildman–Crippen MR) is 70.6 cm³/mol. The molecule has 0 atom stereocenters. The Morgan fingerprint density at radius 3 is 2.89 bits per heavy atom. The molecular formula is C14H13ClN2O. The van der Waals surface area contributed by atoms with Crippen LogP contribution in [0.2, 0.25) is 5.15 Å². The Bertz CT molecular complexity index is 598. The summed E-state index contributed by atoms with van der Waals surface area (Å²) in [4.78, 5) is 9.02. The molecule has 2 aromatic rings. The molecule has 0 radical (unpaired) electrons. The molecule has 1 aromatic carbocycles. The van der Waals surface area contributed by atoms with Crippen molar-refractivity contribution in [2.75, 3.05) is 6.61 Å². The highest BCUT2D eigenvalue weighted by molar-refractivity contribution is 6.30. The average Bonchev–Trinajstić information content (AvgIpc) is 2.39. The largest absolute Gasteiger partial charge is 0.376 e. The van der Waals surface area contributed by atoms with Crippen molar-refractivity contribution >= 4 is 11.6 Å². The highest BCUT2D eigenvalue weighted by Crippen LogP contribution is 2.27. The van der Waals surface area contributed by atoms with Crippen LogP contribution in [0, 0.1) is 6.92 Å². The summed E-state index contributed by atoms with van der Waals surface area (Å²) in [5, 5.41) is 0.512. The number of benzene rings is 1. The summed E-state index contributed by atoms with van der Waals surface area (Å²) in [5.74, 6) is 0.707. The van der Waals surface area contributed by atoms with Crippen molar-refractivity contribution in [2.45, 2.75) is 20.0 Å². The van der Waals surface area contributed by atoms with Crippen LogP contribution in [0.25, 0.3) is 11.4 Å². The third-order valence-corrected chi connectivity index (χ3v) is 3.47. The lowest BCUT2D eigenvalue weighted by Gasteiger charge is -2.17. The van der Waals surface area contributed by atoms with Gasteiger partial charge in [0.1, 0.15) is 5.15 Å². The molecule has 0 saturated carbocycles. The summed E-state index contributed by atoms with van der Waals surface area (Å²) >= 11 is 6.22. The highest BCUT2D eigenvalue weighted by Gasteiger charge is 2.18. The minimum absolute atomic E-state index is 0.512. The molecule has 92 valence electrons. The average molecular weight is 261 g/mol. The SMILES string of the molecule is Cc1ccccc1-c1nc(Cl)c2c(n1)CCOC2. The first-order chi connectivity index (χ1) is 8.75. The zero-order valence-electron chi connectivity index (χ0n) is 10.1. The van der Waals surface area contributed by atoms with Crippen LogP contribution in [0.3, 0.4) is 0 Å². The first-order valence-corrected chi connectivity index (χ1v) is 6.32. The van der Waals surface area contributed by atoms with E-state index in [1.165, 1.54) is 0 Å². The predicted octanol–water partition coefficient (Wildman–Crippen LogP) is 3.18. The molecule has 0 saturated heterocycles. The maximum Gasteiger partial charge on any atom is 0.161 e. The van der Waals surface area contributed by atoms with E-state index in [2.05, 4.69) is 23.0 Å². The van der Waals surface area contributed by atoms with Gasteiger partial charge in [-0.15, -0.1) is 0 Å². The topological polar surface area (TPSA) is 35.0 Å². The molecule has 0 fully saturated rings. The van der Waals surface area contributed by atoms with Crippen LogP contribution in [0.4, 0.5) is 0 Å². The summed E-state index contributed by atoms with van der Waals surface area (Å²) in [7, 11) is 0. The summed E-state index contributed by atoms with van der Waals surface area (Å²) in [5.41, 5.74) is 4.13. The molecular weight excluding hydrogens is 248 g/mol. The molecule has 0 amide bonds. The molecule has 0 bridgehead atoms. The fraction of sp³-hybridized carbons (Fsp3) is 0.286. The van der Waals surface area contributed by atoms with Crippen molar-refractivity contribution < 1.29 is 4.74 Å². The fourth-order valence-electron chi connectivity index (χ4n) is 2.14. The van der Waals surface area contributed by atoms with E-state index < -0.39 is 0 Å². The van der Waals surface area contributed by atoms with Crippen molar-refractivity contribution in [1.29, 1.82) is 0 Å². The van der Waals surface area contributed by atoms with Crippen LogP contribution in [0.1, 0.15) is 16.8 Å². The molecule has 0 unspecified atom stereocenters. The molecule has 0 aliphatic carbocycles. The van der Waals surface area contributed by atoms with Crippen LogP contribution in [0.15, 0.2) is 24.3 Å². The molecule has 2 heterocycles. The van der Waals surface area contributed by atoms with Gasteiger partial charge in [0.2, 0.25) is 0 Å². The van der Waals surface area contributed by atoms with Crippen LogP contribution >= 0.6 is 11.6 Å². The standard InChI is InChI=1S/C14H13ClN2O/c1-9-4-2-3-5-10(9)14-16-12-6-7-18-8-11(12)13(15)17-14/h2-5H,6-8H2,1H3. The van der Waals surface area contributed by atoms with Gasteiger partial charge in [0, 0.05) is 17.5 Å². The lowest BCUT2D eigenvalue weighted by atomic mass is 10.1. The second-order valence-electron chi connectivity index (χ2n) is 4.38. The lowest BCUT2D eigenvalue weighted by Crippen LogP contribution is -2.14. The Morgan fingerprint density at radius 2 is 2.06 bits per heavy atom. The second-order valence-corrected chi connectivity index (χ2v) is 4.74. The summed E-state index contributed by atoms with van der Waals surface area (Å²) in [6.07, 6.45) is 0.802. The zero-order valence-corrected chi connectivity index (χ0v) is 10.9. The molecule has 4 heteroatoms. The van der Waals surface area contributed by atoms with E-state index in [1.54, 1.807) is 0 Å². The van der Waals surface area contributed by atoms with E-state index >= 15 is 0 Å². The molecule has 18 heavy (non-hydrogen) atoms. The fourth-order valence-corrected chi connectivity index (χ4v) is 2.38. The molecule has 1 aromatic heterocycles. The van der Waals surface area contributed by atoms with Gasteiger partial charge in [0.05, 0.1) is 18.9 Å². The van der Waals surface area contributed by atoms with Crippen LogP contribution in [-0.4, -0.2) is 16.6 Å². The van der Waals surface area contributed by atoms with E-state index in [0.29, 0.717) is 24.2 Å². The molecule has 1 aliphatic heterocycles. The van der Waals surface area contributed by atoms with E-state index in [4.69, 9.17) is 16.3 Å². The number of halogens is 1. The summed E-state index contributed by atoms with van der Waals surface area (Å²) < 4.78 is 5.38. The summed E-state index contributed by atoms with van der Waals surface area (Å²) in [6, 6.07) is 8.07. The number of rotatable bonds is 1. The normalized spacial score (nSPS) is 14.3. The van der Waals surface area contributed by atoms with Gasteiger partial charge in [-0.25, -0.2) is 9.97 Å². The Hall–Kier alpha value is -1.45. The molecule has 0 N–H and O–H groups in total. The monoisotopic (exact) mass is 260 g/mol. The minimum Gasteiger partial charge on any atom is -0.376 e. The van der Waals surface area contributed by atoms with Crippen molar-refractivity contribution in [3.8, 4) is 11.4 Å². The van der Waals surface area contributed by atoms with Crippen LogP contribution in [0.5, 0.6) is 0 Å². The Kier molecular flexibility index (Phi) is 3.02. The smallest absolute Gasteiger partial charge is 0.161 e. The number of ether oxygens (including phenoxy) is 1. The quantitative estimate of drug-likeness (QED) is 0.739. The van der Waals surface area contributed by atoms with Crippen molar-refractivity contribution in [2.24, 2.45) is 0 Å². The van der Waals surface area contributed by atoms with E-state index in [-0.39, 0.29) is 0 Å². The van der Waals surface area contributed by atoms with E-state index in [1.807, 2.05) is 18.2 Å². The molecule has 3 nitrogen and oxygen atoms in total. The Labute approximate surface area is 111 Å². The van der Waals surface area contributed by atoms with Gasteiger partial charge in [-0.3, -0.25) is 0 Å². The maximum atomic E-state index is 6.22. The van der Waals surface area contributed by atoms with Crippen LogP contribution < -0.4 is 0 Å². The summed E-state index contributed by atoms with van der Waals surface area (Å²) in [6.45, 7) is 3.27. The molecule has 0 spiro atoms. The third-order valence-electron chi connectivity index (χ3n) is 3.16. The van der Waals surface area contributed by atoms with Gasteiger partial charge in [0.15, 0.2) is 5.82 Å². The number of nitrogens with zero attached hydrogens (tertiary/aromatic N) is 2. The number of fused-ring (bicyclic) bond motifs is 1. The first-order valence-electron chi connectivity index (χ1n) is 5.95. The lowest BCUT2D eigenvalue weighted by molar-refractivity contribution is 0.109. The Balaban J connectivity index is 2.14. The number of aryl methyl sites for hydroxylation is 1. The van der Waals surface area contributed by atoms with Gasteiger partial charge in [-0.1, -0.05) is 35.9 Å². The van der Waals surface area contributed by atoms with Gasteiger partial charge in [-0.2, -0.15) is 0 Å². The minimum atomic E-state index is 0.512. The van der Waals surface area contributed by atoms with Crippen molar-refractivity contribution in [3.05, 3.63) is 46.2 Å². The van der Waals surface area contributed by atoms with Gasteiger partial charge >= 0.3 is 0 Å². The van der Waals surface area contributed by atoms with Crippen molar-refractivity contribution in [1.82, 2.24) is 9.97 Å². The Morgan fingerprint density at radius 1 is 1.22 bits per heavy atom. The van der Waals surface area contributed by atoms with Gasteiger partial charge in [0.25, 0.3) is 0 Å². The van der Waals surface area contributed by atoms with Gasteiger partial charge < -0.3 is 4.74 Å². The van der Waals surface area contributed by atoms with Gasteiger partial charge in [-0.05, 0) is 12.5 Å². The molecule has 3 rings (SSSR count). The number of hydrogen-bond donors (Lipinski definition) is 0. The number of aromatic nitrogens is 2. The van der Waals surface area contributed by atoms with E-state index in [9.17, 15) is 0 Å². The van der Waals surface area contributed by atoms with Crippen LogP contribution in [-0.2, 0) is 17.8 Å². The first kappa shape index (κ1) is 11.6. The second kappa shape index (κ2) is 4.67.